The first-order valence-electron chi connectivity index (χ1n) is 13.3. The number of alkyl halides is 3. The van der Waals surface area contributed by atoms with Gasteiger partial charge in [-0.25, -0.2) is 9.18 Å². The van der Waals surface area contributed by atoms with Crippen LogP contribution in [0.15, 0.2) is 53.3 Å². The lowest BCUT2D eigenvalue weighted by Gasteiger charge is -2.43. The molecule has 1 atom stereocenters. The van der Waals surface area contributed by atoms with Crippen LogP contribution in [0.4, 0.5) is 28.0 Å². The number of likely N-dealkylation sites (tertiary alicyclic amines) is 1. The summed E-state index contributed by atoms with van der Waals surface area (Å²) >= 11 is 0. The summed E-state index contributed by atoms with van der Waals surface area (Å²) in [6.45, 7) is 3.40. The Balaban J connectivity index is 1.36. The van der Waals surface area contributed by atoms with Crippen LogP contribution in [0.25, 0.3) is 11.1 Å². The fraction of sp³-hybridized carbons (Fsp3) is 0.379. The van der Waals surface area contributed by atoms with Crippen LogP contribution < -0.4 is 10.2 Å². The smallest absolute Gasteiger partial charge is 0.416 e. The second kappa shape index (κ2) is 10.4. The van der Waals surface area contributed by atoms with Crippen molar-refractivity contribution in [1.82, 2.24) is 15.1 Å². The standard InChI is InChI=1S/C29H28F4N4O5/c1-16(2)23(34-24(38)20-14-18(29(31,32)33)5-6-21(20)30)25(39)36-11-9-28(10-12-36)26(40)35(3)27(41)37(28)22-7-4-17-15-42-13-8-19(17)22/h4-8,13-16,23H,9-12H2,1-3H3,(H,34,38). The van der Waals surface area contributed by atoms with Gasteiger partial charge in [0.15, 0.2) is 0 Å². The number of hydrogen-bond acceptors (Lipinski definition) is 5. The first-order chi connectivity index (χ1) is 19.8. The van der Waals surface area contributed by atoms with E-state index in [1.807, 2.05) is 0 Å². The van der Waals surface area contributed by atoms with Gasteiger partial charge in [0.1, 0.15) is 17.4 Å². The summed E-state index contributed by atoms with van der Waals surface area (Å²) in [5.41, 5.74) is -1.25. The third-order valence-electron chi connectivity index (χ3n) is 8.03. The molecule has 4 aliphatic rings. The number of fused-ring (bicyclic) bond motifs is 1. The zero-order valence-electron chi connectivity index (χ0n) is 23.0. The molecule has 1 aromatic carbocycles. The van der Waals surface area contributed by atoms with Crippen molar-refractivity contribution in [2.24, 2.45) is 5.92 Å². The van der Waals surface area contributed by atoms with Crippen molar-refractivity contribution in [2.45, 2.75) is 44.4 Å². The van der Waals surface area contributed by atoms with E-state index in [1.165, 1.54) is 29.4 Å². The molecule has 0 bridgehead atoms. The highest BCUT2D eigenvalue weighted by molar-refractivity contribution is 6.18. The summed E-state index contributed by atoms with van der Waals surface area (Å²) in [6, 6.07) is 5.04. The van der Waals surface area contributed by atoms with Crippen molar-refractivity contribution in [3.05, 3.63) is 65.9 Å². The molecule has 2 saturated heterocycles. The molecule has 9 nitrogen and oxygen atoms in total. The molecule has 3 heterocycles. The number of nitrogens with one attached hydrogen (secondary N) is 1. The number of hydrogen-bond donors (Lipinski definition) is 1. The number of rotatable bonds is 5. The molecular weight excluding hydrogens is 560 g/mol. The Kier molecular flexibility index (Phi) is 7.23. The van der Waals surface area contributed by atoms with Crippen molar-refractivity contribution in [3.63, 3.8) is 0 Å². The van der Waals surface area contributed by atoms with Crippen LogP contribution in [0.3, 0.4) is 0 Å². The van der Waals surface area contributed by atoms with Gasteiger partial charge in [0.25, 0.3) is 11.8 Å². The van der Waals surface area contributed by atoms with Gasteiger partial charge in [-0.3, -0.25) is 24.2 Å². The lowest BCUT2D eigenvalue weighted by Crippen LogP contribution is -2.60. The van der Waals surface area contributed by atoms with E-state index >= 15 is 0 Å². The van der Waals surface area contributed by atoms with Crippen LogP contribution in [0.1, 0.15) is 42.6 Å². The summed E-state index contributed by atoms with van der Waals surface area (Å²) in [5, 5.41) is 2.40. The molecule has 1 N–H and O–H groups in total. The van der Waals surface area contributed by atoms with Gasteiger partial charge in [-0.1, -0.05) is 13.8 Å². The molecule has 1 unspecified atom stereocenters. The molecule has 222 valence electrons. The fourth-order valence-corrected chi connectivity index (χ4v) is 5.70. The second-order valence-corrected chi connectivity index (χ2v) is 10.9. The topological polar surface area (TPSA) is 103 Å². The Hall–Kier alpha value is -4.42. The van der Waals surface area contributed by atoms with E-state index in [1.54, 1.807) is 32.0 Å². The second-order valence-electron chi connectivity index (χ2n) is 10.9. The van der Waals surface area contributed by atoms with Gasteiger partial charge < -0.3 is 14.6 Å². The number of urea groups is 1. The maximum atomic E-state index is 14.3. The normalized spacial score (nSPS) is 18.0. The van der Waals surface area contributed by atoms with Crippen molar-refractivity contribution in [2.75, 3.05) is 25.0 Å². The van der Waals surface area contributed by atoms with Gasteiger partial charge in [-0.2, -0.15) is 13.2 Å². The molecule has 1 aliphatic carbocycles. The third kappa shape index (κ3) is 4.76. The molecule has 5 amide bonds. The number of nitrogens with zero attached hydrogens (tertiary/aromatic N) is 3. The Morgan fingerprint density at radius 2 is 1.74 bits per heavy atom. The number of imide groups is 1. The van der Waals surface area contributed by atoms with Crippen molar-refractivity contribution >= 4 is 29.4 Å². The summed E-state index contributed by atoms with van der Waals surface area (Å²) < 4.78 is 59.0. The van der Waals surface area contributed by atoms with E-state index < -0.39 is 64.4 Å². The number of carbonyl (C=O) groups excluding carboxylic acids is 4. The number of piperidine rings is 1. The number of carbonyl (C=O) groups is 4. The first kappa shape index (κ1) is 29.1. The molecule has 42 heavy (non-hydrogen) atoms. The summed E-state index contributed by atoms with van der Waals surface area (Å²) in [4.78, 5) is 57.1. The maximum absolute atomic E-state index is 14.3. The quantitative estimate of drug-likeness (QED) is 0.342. The highest BCUT2D eigenvalue weighted by Crippen LogP contribution is 2.45. The van der Waals surface area contributed by atoms with E-state index in [-0.39, 0.29) is 25.9 Å². The van der Waals surface area contributed by atoms with Crippen molar-refractivity contribution in [1.29, 1.82) is 0 Å². The SMILES string of the molecule is CC(C)C(NC(=O)c1cc(C(F)(F)F)ccc1F)C(=O)N1CCC2(CC1)C(=O)N(C)C(=O)N2c1ccc2coccc1-2. The van der Waals surface area contributed by atoms with E-state index in [9.17, 15) is 36.7 Å². The average molecular weight is 589 g/mol. The van der Waals surface area contributed by atoms with Gasteiger partial charge >= 0.3 is 12.2 Å². The Morgan fingerprint density at radius 3 is 2.38 bits per heavy atom. The van der Waals surface area contributed by atoms with Crippen molar-refractivity contribution in [3.8, 4) is 11.1 Å². The molecule has 0 aromatic heterocycles. The van der Waals surface area contributed by atoms with Crippen molar-refractivity contribution < 1.29 is 41.2 Å². The Labute approximate surface area is 238 Å². The van der Waals surface area contributed by atoms with Crippen LogP contribution in [-0.2, 0) is 15.8 Å². The van der Waals surface area contributed by atoms with E-state index in [2.05, 4.69) is 5.32 Å². The molecule has 0 saturated carbocycles. The first-order valence-corrected chi connectivity index (χ1v) is 13.3. The fourth-order valence-electron chi connectivity index (χ4n) is 5.70. The van der Waals surface area contributed by atoms with Gasteiger partial charge in [-0.15, -0.1) is 0 Å². The van der Waals surface area contributed by atoms with E-state index in [0.29, 0.717) is 23.9 Å². The van der Waals surface area contributed by atoms with Crippen LogP contribution in [0.5, 0.6) is 0 Å². The monoisotopic (exact) mass is 588 g/mol. The lowest BCUT2D eigenvalue weighted by molar-refractivity contribution is -0.139. The minimum Gasteiger partial charge on any atom is -0.472 e. The Morgan fingerprint density at radius 1 is 1.05 bits per heavy atom. The number of likely N-dealkylation sites (N-methyl/N-ethyl adjacent to an activating group) is 1. The van der Waals surface area contributed by atoms with E-state index in [0.717, 1.165) is 16.0 Å². The third-order valence-corrected chi connectivity index (χ3v) is 8.03. The predicted molar refractivity (Wildman–Crippen MR) is 142 cm³/mol. The van der Waals surface area contributed by atoms with Crippen LogP contribution in [0, 0.1) is 11.7 Å². The largest absolute Gasteiger partial charge is 0.472 e. The minimum atomic E-state index is -4.79. The van der Waals surface area contributed by atoms with E-state index in [4.69, 9.17) is 4.42 Å². The molecule has 1 aromatic rings. The number of benzene rings is 1. The van der Waals surface area contributed by atoms with Gasteiger partial charge in [-0.05, 0) is 55.2 Å². The number of anilines is 1. The molecule has 1 spiro atoms. The molecule has 3 aliphatic heterocycles. The summed E-state index contributed by atoms with van der Waals surface area (Å²) in [7, 11) is 1.40. The molecular formula is C29H28F4N4O5. The average Bonchev–Trinajstić information content (AvgIpc) is 3.44. The molecule has 13 heteroatoms. The molecule has 0 radical (unpaired) electrons. The van der Waals surface area contributed by atoms with Crippen LogP contribution in [0.2, 0.25) is 0 Å². The summed E-state index contributed by atoms with van der Waals surface area (Å²) in [5.74, 6) is -3.73. The highest BCUT2D eigenvalue weighted by Gasteiger charge is 2.58. The molecule has 5 rings (SSSR count). The van der Waals surface area contributed by atoms with Gasteiger partial charge in [0.05, 0.1) is 29.3 Å². The molecule has 2 fully saturated rings. The number of amides is 5. The predicted octanol–water partition coefficient (Wildman–Crippen LogP) is 4.76. The highest BCUT2D eigenvalue weighted by atomic mass is 19.4. The lowest BCUT2D eigenvalue weighted by atomic mass is 9.84. The minimum absolute atomic E-state index is 0.0627. The van der Waals surface area contributed by atoms with Crippen LogP contribution in [-0.4, -0.2) is 65.3 Å². The zero-order chi connectivity index (χ0) is 30.6. The van der Waals surface area contributed by atoms with Gasteiger partial charge in [0.2, 0.25) is 5.91 Å². The number of halogens is 4. The zero-order valence-corrected chi connectivity index (χ0v) is 23.0. The maximum Gasteiger partial charge on any atom is 0.416 e. The van der Waals surface area contributed by atoms with Gasteiger partial charge in [0, 0.05) is 31.3 Å². The summed E-state index contributed by atoms with van der Waals surface area (Å²) in [6.07, 6.45) is -1.57. The Bertz CT molecular complexity index is 1530. The van der Waals surface area contributed by atoms with Crippen LogP contribution >= 0.6 is 0 Å².